The van der Waals surface area contributed by atoms with E-state index in [-0.39, 0.29) is 23.8 Å². The molecule has 2 N–H and O–H groups in total. The molecule has 1 atom stereocenters. The minimum atomic E-state index is -0.0466. The lowest BCUT2D eigenvalue weighted by Gasteiger charge is -2.32. The highest BCUT2D eigenvalue weighted by Gasteiger charge is 2.23. The Hall–Kier alpha value is -1.10. The summed E-state index contributed by atoms with van der Waals surface area (Å²) in [5, 5.41) is 5.90. The van der Waals surface area contributed by atoms with E-state index in [0.29, 0.717) is 12.3 Å². The lowest BCUT2D eigenvalue weighted by Crippen LogP contribution is -2.46. The van der Waals surface area contributed by atoms with E-state index in [1.807, 2.05) is 32.7 Å². The molecular formula is C15H29N3O2. The molecule has 0 aromatic carbocycles. The molecular weight excluding hydrogens is 254 g/mol. The summed E-state index contributed by atoms with van der Waals surface area (Å²) < 4.78 is 0. The van der Waals surface area contributed by atoms with E-state index in [9.17, 15) is 9.59 Å². The number of hydrogen-bond donors (Lipinski definition) is 2. The van der Waals surface area contributed by atoms with Gasteiger partial charge in [-0.05, 0) is 37.8 Å². The number of nitrogens with one attached hydrogen (secondary N) is 2. The van der Waals surface area contributed by atoms with Crippen molar-refractivity contribution in [1.29, 1.82) is 0 Å². The molecule has 0 radical (unpaired) electrons. The SMILES string of the molecule is CNCC1CCCN(C(=O)CNC(=O)CC(C)(C)C)C1. The minimum Gasteiger partial charge on any atom is -0.347 e. The van der Waals surface area contributed by atoms with Crippen LogP contribution in [0, 0.1) is 11.3 Å². The highest BCUT2D eigenvalue weighted by Crippen LogP contribution is 2.18. The van der Waals surface area contributed by atoms with E-state index < -0.39 is 0 Å². The highest BCUT2D eigenvalue weighted by molar-refractivity contribution is 5.85. The fourth-order valence-corrected chi connectivity index (χ4v) is 2.58. The number of carbonyl (C=O) groups excluding carboxylic acids is 2. The van der Waals surface area contributed by atoms with E-state index in [1.54, 1.807) is 0 Å². The second kappa shape index (κ2) is 7.62. The Morgan fingerprint density at radius 2 is 2.00 bits per heavy atom. The Morgan fingerprint density at radius 3 is 2.60 bits per heavy atom. The normalized spacial score (nSPS) is 19.8. The van der Waals surface area contributed by atoms with Gasteiger partial charge >= 0.3 is 0 Å². The molecule has 2 amide bonds. The second-order valence-electron chi connectivity index (χ2n) is 6.92. The molecule has 0 bridgehead atoms. The first-order valence-corrected chi connectivity index (χ1v) is 7.51. The van der Waals surface area contributed by atoms with E-state index >= 15 is 0 Å². The van der Waals surface area contributed by atoms with E-state index in [0.717, 1.165) is 26.1 Å². The fraction of sp³-hybridized carbons (Fsp3) is 0.867. The molecule has 1 rings (SSSR count). The zero-order valence-corrected chi connectivity index (χ0v) is 13.3. The molecule has 1 heterocycles. The summed E-state index contributed by atoms with van der Waals surface area (Å²) >= 11 is 0. The molecule has 0 spiro atoms. The Balaban J connectivity index is 2.33. The molecule has 1 fully saturated rings. The maximum absolute atomic E-state index is 12.1. The molecule has 0 saturated carbocycles. The lowest BCUT2D eigenvalue weighted by atomic mass is 9.92. The van der Waals surface area contributed by atoms with Crippen molar-refractivity contribution in [2.75, 3.05) is 33.2 Å². The number of carbonyl (C=O) groups is 2. The summed E-state index contributed by atoms with van der Waals surface area (Å²) in [6, 6.07) is 0. The first kappa shape index (κ1) is 17.0. The summed E-state index contributed by atoms with van der Waals surface area (Å²) in [6.07, 6.45) is 2.66. The molecule has 5 nitrogen and oxygen atoms in total. The van der Waals surface area contributed by atoms with Gasteiger partial charge in [-0.25, -0.2) is 0 Å². The van der Waals surface area contributed by atoms with Crippen LogP contribution in [0.1, 0.15) is 40.0 Å². The van der Waals surface area contributed by atoms with Crippen LogP contribution in [0.3, 0.4) is 0 Å². The van der Waals surface area contributed by atoms with Crippen molar-refractivity contribution < 1.29 is 9.59 Å². The zero-order valence-electron chi connectivity index (χ0n) is 13.3. The van der Waals surface area contributed by atoms with Gasteiger partial charge in [-0.2, -0.15) is 0 Å². The molecule has 116 valence electrons. The smallest absolute Gasteiger partial charge is 0.241 e. The van der Waals surface area contributed by atoms with Crippen molar-refractivity contribution in [3.05, 3.63) is 0 Å². The number of nitrogens with zero attached hydrogens (tertiary/aromatic N) is 1. The van der Waals surface area contributed by atoms with E-state index in [2.05, 4.69) is 10.6 Å². The monoisotopic (exact) mass is 283 g/mol. The van der Waals surface area contributed by atoms with Crippen LogP contribution in [0.2, 0.25) is 0 Å². The first-order valence-electron chi connectivity index (χ1n) is 7.51. The quantitative estimate of drug-likeness (QED) is 0.791. The van der Waals surface area contributed by atoms with Crippen LogP contribution in [0.4, 0.5) is 0 Å². The second-order valence-corrected chi connectivity index (χ2v) is 6.92. The Bertz CT molecular complexity index is 335. The number of piperidine rings is 1. The lowest BCUT2D eigenvalue weighted by molar-refractivity contribution is -0.134. The topological polar surface area (TPSA) is 61.4 Å². The Morgan fingerprint density at radius 1 is 1.30 bits per heavy atom. The number of likely N-dealkylation sites (tertiary alicyclic amines) is 1. The van der Waals surface area contributed by atoms with Crippen LogP contribution in [0.5, 0.6) is 0 Å². The van der Waals surface area contributed by atoms with E-state index in [4.69, 9.17) is 0 Å². The van der Waals surface area contributed by atoms with Crippen molar-refractivity contribution in [1.82, 2.24) is 15.5 Å². The number of hydrogen-bond acceptors (Lipinski definition) is 3. The highest BCUT2D eigenvalue weighted by atomic mass is 16.2. The van der Waals surface area contributed by atoms with Gasteiger partial charge < -0.3 is 15.5 Å². The molecule has 0 aromatic rings. The van der Waals surface area contributed by atoms with Crippen molar-refractivity contribution in [2.24, 2.45) is 11.3 Å². The van der Waals surface area contributed by atoms with Crippen LogP contribution in [-0.2, 0) is 9.59 Å². The van der Waals surface area contributed by atoms with Crippen LogP contribution in [-0.4, -0.2) is 49.9 Å². The Labute approximate surface area is 122 Å². The molecule has 5 heteroatoms. The predicted octanol–water partition coefficient (Wildman–Crippen LogP) is 0.997. The third kappa shape index (κ3) is 6.37. The zero-order chi connectivity index (χ0) is 15.2. The van der Waals surface area contributed by atoms with Crippen molar-refractivity contribution in [3.8, 4) is 0 Å². The largest absolute Gasteiger partial charge is 0.347 e. The summed E-state index contributed by atoms with van der Waals surface area (Å²) in [7, 11) is 1.94. The Kier molecular flexibility index (Phi) is 6.46. The molecule has 1 aliphatic heterocycles. The van der Waals surface area contributed by atoms with Gasteiger partial charge in [-0.1, -0.05) is 20.8 Å². The average molecular weight is 283 g/mol. The van der Waals surface area contributed by atoms with Gasteiger partial charge in [0.2, 0.25) is 11.8 Å². The van der Waals surface area contributed by atoms with Gasteiger partial charge in [0.25, 0.3) is 0 Å². The molecule has 1 unspecified atom stereocenters. The van der Waals surface area contributed by atoms with Crippen molar-refractivity contribution >= 4 is 11.8 Å². The summed E-state index contributed by atoms with van der Waals surface area (Å²) in [4.78, 5) is 25.7. The number of amides is 2. The van der Waals surface area contributed by atoms with Gasteiger partial charge in [0.05, 0.1) is 6.54 Å². The third-order valence-corrected chi connectivity index (χ3v) is 3.49. The summed E-state index contributed by atoms with van der Waals surface area (Å²) in [6.45, 7) is 8.73. The van der Waals surface area contributed by atoms with Crippen molar-refractivity contribution in [2.45, 2.75) is 40.0 Å². The van der Waals surface area contributed by atoms with Gasteiger partial charge in [0.1, 0.15) is 0 Å². The van der Waals surface area contributed by atoms with Gasteiger partial charge in [0.15, 0.2) is 0 Å². The fourth-order valence-electron chi connectivity index (χ4n) is 2.58. The summed E-state index contributed by atoms with van der Waals surface area (Å²) in [5.41, 5.74) is -0.0455. The van der Waals surface area contributed by atoms with Crippen molar-refractivity contribution in [3.63, 3.8) is 0 Å². The van der Waals surface area contributed by atoms with Crippen LogP contribution < -0.4 is 10.6 Å². The molecule has 0 aromatic heterocycles. The van der Waals surface area contributed by atoms with Crippen LogP contribution in [0.15, 0.2) is 0 Å². The number of rotatable bonds is 5. The van der Waals surface area contributed by atoms with Gasteiger partial charge in [0, 0.05) is 19.5 Å². The molecule has 20 heavy (non-hydrogen) atoms. The van der Waals surface area contributed by atoms with Gasteiger partial charge in [-0.3, -0.25) is 9.59 Å². The van der Waals surface area contributed by atoms with Gasteiger partial charge in [-0.15, -0.1) is 0 Å². The van der Waals surface area contributed by atoms with Crippen LogP contribution >= 0.6 is 0 Å². The molecule has 1 saturated heterocycles. The standard InChI is InChI=1S/C15H29N3O2/c1-15(2,3)8-13(19)17-10-14(20)18-7-5-6-12(11-18)9-16-4/h12,16H,5-11H2,1-4H3,(H,17,19). The van der Waals surface area contributed by atoms with Crippen LogP contribution in [0.25, 0.3) is 0 Å². The average Bonchev–Trinajstić information content (AvgIpc) is 2.34. The third-order valence-electron chi connectivity index (χ3n) is 3.49. The molecule has 1 aliphatic rings. The molecule has 0 aliphatic carbocycles. The first-order chi connectivity index (χ1) is 9.31. The van der Waals surface area contributed by atoms with E-state index in [1.165, 1.54) is 6.42 Å². The minimum absolute atomic E-state index is 0.0352. The maximum Gasteiger partial charge on any atom is 0.241 e. The maximum atomic E-state index is 12.1. The summed E-state index contributed by atoms with van der Waals surface area (Å²) in [5.74, 6) is 0.519. The predicted molar refractivity (Wildman–Crippen MR) is 80.3 cm³/mol.